The zero-order chi connectivity index (χ0) is 22.8. The molecular formula is C25H34N2O4. The minimum absolute atomic E-state index is 0.0606. The van der Waals surface area contributed by atoms with Crippen molar-refractivity contribution in [2.24, 2.45) is 0 Å². The van der Waals surface area contributed by atoms with Gasteiger partial charge in [0.2, 0.25) is 11.8 Å². The Labute approximate surface area is 185 Å². The number of rotatable bonds is 11. The van der Waals surface area contributed by atoms with Gasteiger partial charge in [-0.15, -0.1) is 0 Å². The van der Waals surface area contributed by atoms with Crippen LogP contribution in [0.1, 0.15) is 43.4 Å². The Balaban J connectivity index is 2.14. The van der Waals surface area contributed by atoms with E-state index in [1.807, 2.05) is 56.3 Å². The molecule has 0 aliphatic rings. The molecule has 168 valence electrons. The van der Waals surface area contributed by atoms with E-state index in [9.17, 15) is 9.59 Å². The summed E-state index contributed by atoms with van der Waals surface area (Å²) >= 11 is 0. The van der Waals surface area contributed by atoms with E-state index in [1.165, 1.54) is 0 Å². The molecule has 6 nitrogen and oxygen atoms in total. The van der Waals surface area contributed by atoms with Crippen molar-refractivity contribution in [1.82, 2.24) is 10.2 Å². The predicted octanol–water partition coefficient (Wildman–Crippen LogP) is 3.89. The summed E-state index contributed by atoms with van der Waals surface area (Å²) in [6, 6.07) is 13.1. The summed E-state index contributed by atoms with van der Waals surface area (Å²) in [6.07, 6.45) is 1.70. The number of aryl methyl sites for hydroxylation is 2. The Kier molecular flexibility index (Phi) is 9.38. The molecule has 0 fully saturated rings. The number of nitrogens with one attached hydrogen (secondary N) is 1. The Morgan fingerprint density at radius 1 is 1.00 bits per heavy atom. The normalized spacial score (nSPS) is 11.5. The van der Waals surface area contributed by atoms with Crippen LogP contribution in [0.2, 0.25) is 0 Å². The lowest BCUT2D eigenvalue weighted by atomic mass is 10.1. The first-order valence-electron chi connectivity index (χ1n) is 10.7. The Bertz CT molecular complexity index is 864. The first-order chi connectivity index (χ1) is 14.9. The molecule has 2 aromatic rings. The fourth-order valence-electron chi connectivity index (χ4n) is 3.30. The summed E-state index contributed by atoms with van der Waals surface area (Å²) in [4.78, 5) is 27.4. The second-order valence-corrected chi connectivity index (χ2v) is 7.66. The summed E-state index contributed by atoms with van der Waals surface area (Å²) < 4.78 is 10.6. The first-order valence-corrected chi connectivity index (χ1v) is 10.7. The molecule has 31 heavy (non-hydrogen) atoms. The molecule has 0 saturated heterocycles. The number of ether oxygens (including phenoxy) is 2. The number of hydrogen-bond donors (Lipinski definition) is 1. The summed E-state index contributed by atoms with van der Waals surface area (Å²) in [5.41, 5.74) is 3.13. The molecule has 2 aromatic carbocycles. The maximum absolute atomic E-state index is 13.2. The van der Waals surface area contributed by atoms with E-state index in [-0.39, 0.29) is 11.8 Å². The molecule has 0 aliphatic carbocycles. The number of nitrogens with zero attached hydrogens (tertiary/aromatic N) is 1. The Morgan fingerprint density at radius 3 is 2.26 bits per heavy atom. The predicted molar refractivity (Wildman–Crippen MR) is 122 cm³/mol. The maximum atomic E-state index is 13.2. The van der Waals surface area contributed by atoms with E-state index in [2.05, 4.69) is 5.32 Å². The largest absolute Gasteiger partial charge is 0.493 e. The van der Waals surface area contributed by atoms with Crippen LogP contribution in [-0.4, -0.2) is 43.5 Å². The molecule has 0 spiro atoms. The number of carbonyl (C=O) groups is 2. The average Bonchev–Trinajstić information content (AvgIpc) is 2.79. The van der Waals surface area contributed by atoms with E-state index in [1.54, 1.807) is 26.0 Å². The Hall–Kier alpha value is -3.02. The van der Waals surface area contributed by atoms with Crippen molar-refractivity contribution in [1.29, 1.82) is 0 Å². The van der Waals surface area contributed by atoms with Crippen LogP contribution >= 0.6 is 0 Å². The molecule has 1 N–H and O–H groups in total. The van der Waals surface area contributed by atoms with Gasteiger partial charge in [-0.25, -0.2) is 0 Å². The van der Waals surface area contributed by atoms with Gasteiger partial charge in [-0.2, -0.15) is 0 Å². The van der Waals surface area contributed by atoms with Gasteiger partial charge in [0.15, 0.2) is 11.5 Å². The number of hydrogen-bond acceptors (Lipinski definition) is 4. The second-order valence-electron chi connectivity index (χ2n) is 7.66. The molecule has 0 radical (unpaired) electrons. The number of methoxy groups -OCH3 is 2. The molecule has 0 unspecified atom stereocenters. The van der Waals surface area contributed by atoms with Crippen molar-refractivity contribution < 1.29 is 19.1 Å². The van der Waals surface area contributed by atoms with E-state index in [0.717, 1.165) is 23.1 Å². The van der Waals surface area contributed by atoms with Crippen LogP contribution in [0.15, 0.2) is 42.5 Å². The molecule has 0 bridgehead atoms. The lowest BCUT2D eigenvalue weighted by molar-refractivity contribution is -0.140. The van der Waals surface area contributed by atoms with Gasteiger partial charge in [0, 0.05) is 19.5 Å². The second kappa shape index (κ2) is 12.0. The lowest BCUT2D eigenvalue weighted by Crippen LogP contribution is -2.47. The zero-order valence-corrected chi connectivity index (χ0v) is 19.2. The number of benzene rings is 2. The van der Waals surface area contributed by atoms with Crippen molar-refractivity contribution >= 4 is 11.8 Å². The van der Waals surface area contributed by atoms with Crippen molar-refractivity contribution in [2.75, 3.05) is 20.8 Å². The summed E-state index contributed by atoms with van der Waals surface area (Å²) in [6.45, 7) is 6.81. The smallest absolute Gasteiger partial charge is 0.242 e. The van der Waals surface area contributed by atoms with Gasteiger partial charge in [0.1, 0.15) is 6.04 Å². The van der Waals surface area contributed by atoms with E-state index in [4.69, 9.17) is 9.47 Å². The third kappa shape index (κ3) is 7.02. The topological polar surface area (TPSA) is 67.9 Å². The molecular weight excluding hydrogens is 392 g/mol. The highest BCUT2D eigenvalue weighted by molar-refractivity contribution is 5.87. The SMILES string of the molecule is CCCNC(=O)[C@H](C)N(Cc1ccc(C)cc1)C(=O)CCc1ccc(OC)c(OC)c1. The van der Waals surface area contributed by atoms with E-state index < -0.39 is 6.04 Å². The summed E-state index contributed by atoms with van der Waals surface area (Å²) in [5.74, 6) is 1.10. The minimum atomic E-state index is -0.550. The molecule has 0 aliphatic heterocycles. The van der Waals surface area contributed by atoms with Crippen LogP contribution in [0.4, 0.5) is 0 Å². The summed E-state index contributed by atoms with van der Waals surface area (Å²) in [7, 11) is 3.18. The average molecular weight is 427 g/mol. The van der Waals surface area contributed by atoms with Crippen LogP contribution in [0.5, 0.6) is 11.5 Å². The van der Waals surface area contributed by atoms with Crippen LogP contribution in [0.3, 0.4) is 0 Å². The van der Waals surface area contributed by atoms with Crippen LogP contribution < -0.4 is 14.8 Å². The lowest BCUT2D eigenvalue weighted by Gasteiger charge is -2.29. The van der Waals surface area contributed by atoms with E-state index >= 15 is 0 Å². The number of carbonyl (C=O) groups excluding carboxylic acids is 2. The Morgan fingerprint density at radius 2 is 1.65 bits per heavy atom. The molecule has 0 aromatic heterocycles. The van der Waals surface area contributed by atoms with Gasteiger partial charge in [-0.1, -0.05) is 42.8 Å². The molecule has 0 saturated carbocycles. The van der Waals surface area contributed by atoms with Gasteiger partial charge >= 0.3 is 0 Å². The van der Waals surface area contributed by atoms with Gasteiger partial charge in [-0.05, 0) is 49.9 Å². The molecule has 2 amide bonds. The fraction of sp³-hybridized carbons (Fsp3) is 0.440. The van der Waals surface area contributed by atoms with Crippen molar-refractivity contribution in [3.05, 3.63) is 59.2 Å². The highest BCUT2D eigenvalue weighted by atomic mass is 16.5. The van der Waals surface area contributed by atoms with Crippen LogP contribution in [-0.2, 0) is 22.6 Å². The third-order valence-corrected chi connectivity index (χ3v) is 5.27. The zero-order valence-electron chi connectivity index (χ0n) is 19.2. The maximum Gasteiger partial charge on any atom is 0.242 e. The minimum Gasteiger partial charge on any atom is -0.493 e. The quantitative estimate of drug-likeness (QED) is 0.592. The standard InChI is InChI=1S/C25H34N2O4/c1-6-15-26-25(29)19(3)27(17-21-9-7-18(2)8-10-21)24(28)14-12-20-11-13-22(30-4)23(16-20)31-5/h7-11,13,16,19H,6,12,14-15,17H2,1-5H3,(H,26,29)/t19-/m0/s1. The van der Waals surface area contributed by atoms with Gasteiger partial charge < -0.3 is 19.7 Å². The highest BCUT2D eigenvalue weighted by Gasteiger charge is 2.25. The summed E-state index contributed by atoms with van der Waals surface area (Å²) in [5, 5.41) is 2.90. The van der Waals surface area contributed by atoms with Gasteiger partial charge in [-0.3, -0.25) is 9.59 Å². The van der Waals surface area contributed by atoms with Crippen LogP contribution in [0.25, 0.3) is 0 Å². The monoisotopic (exact) mass is 426 g/mol. The highest BCUT2D eigenvalue weighted by Crippen LogP contribution is 2.28. The van der Waals surface area contributed by atoms with E-state index in [0.29, 0.717) is 37.4 Å². The fourth-order valence-corrected chi connectivity index (χ4v) is 3.30. The van der Waals surface area contributed by atoms with Gasteiger partial charge in [0.05, 0.1) is 14.2 Å². The van der Waals surface area contributed by atoms with Crippen molar-refractivity contribution in [2.45, 2.75) is 52.6 Å². The molecule has 1 atom stereocenters. The first kappa shape index (κ1) is 24.3. The molecule has 6 heteroatoms. The van der Waals surface area contributed by atoms with Crippen molar-refractivity contribution in [3.8, 4) is 11.5 Å². The number of amides is 2. The molecule has 0 heterocycles. The molecule has 2 rings (SSSR count). The third-order valence-electron chi connectivity index (χ3n) is 5.27. The van der Waals surface area contributed by atoms with Crippen molar-refractivity contribution in [3.63, 3.8) is 0 Å². The van der Waals surface area contributed by atoms with Crippen LogP contribution in [0, 0.1) is 6.92 Å². The van der Waals surface area contributed by atoms with Gasteiger partial charge in [0.25, 0.3) is 0 Å².